The third kappa shape index (κ3) is 4.52. The zero-order valence-corrected chi connectivity index (χ0v) is 15.6. The van der Waals surface area contributed by atoms with Gasteiger partial charge < -0.3 is 19.9 Å². The van der Waals surface area contributed by atoms with Crippen LogP contribution in [0.3, 0.4) is 0 Å². The molecule has 0 bridgehead atoms. The van der Waals surface area contributed by atoms with Crippen molar-refractivity contribution in [1.29, 1.82) is 0 Å². The average Bonchev–Trinajstić information content (AvgIpc) is 3.08. The first-order chi connectivity index (χ1) is 12.5. The van der Waals surface area contributed by atoms with Gasteiger partial charge in [0.2, 0.25) is 5.91 Å². The number of pyridine rings is 1. The van der Waals surface area contributed by atoms with Crippen molar-refractivity contribution in [3.05, 3.63) is 30.1 Å². The monoisotopic (exact) mass is 360 g/mol. The van der Waals surface area contributed by atoms with Crippen LogP contribution in [0.15, 0.2) is 24.5 Å². The maximum atomic E-state index is 12.7. The van der Waals surface area contributed by atoms with Gasteiger partial charge in [-0.3, -0.25) is 9.78 Å². The van der Waals surface area contributed by atoms with Gasteiger partial charge in [-0.1, -0.05) is 0 Å². The van der Waals surface area contributed by atoms with Crippen LogP contribution >= 0.6 is 0 Å². The van der Waals surface area contributed by atoms with Crippen LogP contribution in [0.5, 0.6) is 0 Å². The van der Waals surface area contributed by atoms with E-state index in [1.807, 2.05) is 17.0 Å². The summed E-state index contributed by atoms with van der Waals surface area (Å²) in [6.07, 6.45) is 5.90. The number of likely N-dealkylation sites (tertiary alicyclic amines) is 1. The van der Waals surface area contributed by atoms with Gasteiger partial charge in [-0.25, -0.2) is 4.79 Å². The second kappa shape index (κ2) is 8.49. The van der Waals surface area contributed by atoms with Crippen molar-refractivity contribution in [3.8, 4) is 0 Å². The largest absolute Gasteiger partial charge is 0.379 e. The van der Waals surface area contributed by atoms with E-state index >= 15 is 0 Å². The van der Waals surface area contributed by atoms with Crippen LogP contribution in [0.4, 0.5) is 4.79 Å². The van der Waals surface area contributed by atoms with Crippen molar-refractivity contribution in [1.82, 2.24) is 20.1 Å². The van der Waals surface area contributed by atoms with E-state index in [1.165, 1.54) is 5.56 Å². The molecule has 2 aliphatic heterocycles. The number of aromatic nitrogens is 1. The molecule has 0 aromatic carbocycles. The number of carbonyl (C=O) groups excluding carboxylic acids is 2. The Morgan fingerprint density at radius 2 is 1.92 bits per heavy atom. The molecule has 1 aromatic heterocycles. The van der Waals surface area contributed by atoms with Crippen LogP contribution in [0.25, 0.3) is 0 Å². The lowest BCUT2D eigenvalue weighted by atomic mass is 9.92. The summed E-state index contributed by atoms with van der Waals surface area (Å²) < 4.78 is 5.62. The van der Waals surface area contributed by atoms with Gasteiger partial charge in [0, 0.05) is 51.4 Å². The first-order valence-electron chi connectivity index (χ1n) is 9.28. The molecule has 7 nitrogen and oxygen atoms in total. The molecule has 142 valence electrons. The van der Waals surface area contributed by atoms with Gasteiger partial charge in [0.05, 0.1) is 19.3 Å². The quantitative estimate of drug-likeness (QED) is 0.874. The maximum Gasteiger partial charge on any atom is 0.319 e. The van der Waals surface area contributed by atoms with E-state index in [0.29, 0.717) is 39.1 Å². The van der Waals surface area contributed by atoms with Gasteiger partial charge in [0.1, 0.15) is 0 Å². The minimum absolute atomic E-state index is 0.0190. The van der Waals surface area contributed by atoms with Gasteiger partial charge in [-0.15, -0.1) is 0 Å². The van der Waals surface area contributed by atoms with E-state index in [-0.39, 0.29) is 29.8 Å². The summed E-state index contributed by atoms with van der Waals surface area (Å²) in [5.41, 5.74) is 1.21. The number of piperidine rings is 1. The summed E-state index contributed by atoms with van der Waals surface area (Å²) in [6.45, 7) is 2.51. The second-order valence-corrected chi connectivity index (χ2v) is 7.41. The summed E-state index contributed by atoms with van der Waals surface area (Å²) in [7, 11) is 3.51. The Morgan fingerprint density at radius 3 is 2.58 bits per heavy atom. The molecule has 1 aromatic rings. The Kier molecular flexibility index (Phi) is 6.08. The number of rotatable bonds is 4. The molecular formula is C19H28N4O3. The van der Waals surface area contributed by atoms with E-state index in [0.717, 1.165) is 6.42 Å². The number of urea groups is 1. The Labute approximate surface area is 154 Å². The fraction of sp³-hybridized carbons (Fsp3) is 0.632. The van der Waals surface area contributed by atoms with Gasteiger partial charge in [-0.05, 0) is 37.0 Å². The number of hydrogen-bond donors (Lipinski definition) is 1. The molecular weight excluding hydrogens is 332 g/mol. The van der Waals surface area contributed by atoms with Crippen molar-refractivity contribution in [2.45, 2.75) is 25.3 Å². The summed E-state index contributed by atoms with van der Waals surface area (Å²) in [5.74, 6) is 0.359. The van der Waals surface area contributed by atoms with Crippen LogP contribution < -0.4 is 5.32 Å². The molecule has 1 N–H and O–H groups in total. The van der Waals surface area contributed by atoms with Crippen molar-refractivity contribution in [3.63, 3.8) is 0 Å². The van der Waals surface area contributed by atoms with Crippen LogP contribution in [0.2, 0.25) is 0 Å². The fourth-order valence-corrected chi connectivity index (χ4v) is 3.70. The lowest BCUT2D eigenvalue weighted by molar-refractivity contribution is -0.127. The first kappa shape index (κ1) is 18.6. The van der Waals surface area contributed by atoms with E-state index in [9.17, 15) is 9.59 Å². The highest BCUT2D eigenvalue weighted by molar-refractivity contribution is 5.80. The number of ether oxygens (including phenoxy) is 1. The van der Waals surface area contributed by atoms with E-state index < -0.39 is 0 Å². The van der Waals surface area contributed by atoms with Crippen LogP contribution in [0, 0.1) is 11.8 Å². The Morgan fingerprint density at radius 1 is 1.23 bits per heavy atom. The third-order valence-corrected chi connectivity index (χ3v) is 5.29. The molecule has 2 atom stereocenters. The zero-order chi connectivity index (χ0) is 18.5. The minimum atomic E-state index is -0.0246. The summed E-state index contributed by atoms with van der Waals surface area (Å²) in [6, 6.07) is 4.09. The topological polar surface area (TPSA) is 74.8 Å². The Hall–Kier alpha value is -2.15. The lowest BCUT2D eigenvalue weighted by Gasteiger charge is -2.33. The van der Waals surface area contributed by atoms with Crippen LogP contribution in [-0.2, 0) is 16.0 Å². The standard InChI is InChI=1S/C19H28N4O3/c1-22(2)19(25)23-9-5-15(6-10-23)18(24)21-17-13-26-12-16(17)11-14-3-7-20-8-4-14/h3-4,7-8,15-17H,5-6,9-13H2,1-2H3,(H,21,24)/t16-,17+/m1/s1. The van der Waals surface area contributed by atoms with Crippen LogP contribution in [-0.4, -0.2) is 73.2 Å². The van der Waals surface area contributed by atoms with E-state index in [2.05, 4.69) is 10.3 Å². The first-order valence-corrected chi connectivity index (χ1v) is 9.28. The molecule has 2 fully saturated rings. The molecule has 0 radical (unpaired) electrons. The second-order valence-electron chi connectivity index (χ2n) is 7.41. The van der Waals surface area contributed by atoms with Crippen molar-refractivity contribution >= 4 is 11.9 Å². The Balaban J connectivity index is 1.49. The predicted octanol–water partition coefficient (Wildman–Crippen LogP) is 1.15. The normalized spacial score (nSPS) is 23.7. The third-order valence-electron chi connectivity index (χ3n) is 5.29. The molecule has 3 heterocycles. The molecule has 3 amide bonds. The number of amides is 3. The van der Waals surface area contributed by atoms with E-state index in [4.69, 9.17) is 4.74 Å². The minimum Gasteiger partial charge on any atom is -0.379 e. The average molecular weight is 360 g/mol. The van der Waals surface area contributed by atoms with Crippen molar-refractivity contribution in [2.24, 2.45) is 11.8 Å². The lowest BCUT2D eigenvalue weighted by Crippen LogP contribution is -2.49. The SMILES string of the molecule is CN(C)C(=O)N1CCC(C(=O)N[C@H]2COC[C@H]2Cc2ccncc2)CC1. The van der Waals surface area contributed by atoms with Gasteiger partial charge in [-0.2, -0.15) is 0 Å². The number of nitrogens with zero attached hydrogens (tertiary/aromatic N) is 3. The van der Waals surface area contributed by atoms with Gasteiger partial charge in [0.15, 0.2) is 0 Å². The van der Waals surface area contributed by atoms with Crippen molar-refractivity contribution in [2.75, 3.05) is 40.4 Å². The molecule has 0 unspecified atom stereocenters. The summed E-state index contributed by atoms with van der Waals surface area (Å²) >= 11 is 0. The predicted molar refractivity (Wildman–Crippen MR) is 97.6 cm³/mol. The molecule has 3 rings (SSSR count). The Bertz CT molecular complexity index is 614. The molecule has 0 aliphatic carbocycles. The zero-order valence-electron chi connectivity index (χ0n) is 15.6. The highest BCUT2D eigenvalue weighted by Crippen LogP contribution is 2.22. The van der Waals surface area contributed by atoms with Crippen molar-refractivity contribution < 1.29 is 14.3 Å². The summed E-state index contributed by atoms with van der Waals surface area (Å²) in [5, 5.41) is 3.19. The maximum absolute atomic E-state index is 12.7. The van der Waals surface area contributed by atoms with Gasteiger partial charge in [0.25, 0.3) is 0 Å². The number of carbonyl (C=O) groups is 2. The molecule has 26 heavy (non-hydrogen) atoms. The number of hydrogen-bond acceptors (Lipinski definition) is 4. The molecule has 7 heteroatoms. The molecule has 2 aliphatic rings. The highest BCUT2D eigenvalue weighted by atomic mass is 16.5. The highest BCUT2D eigenvalue weighted by Gasteiger charge is 2.33. The smallest absolute Gasteiger partial charge is 0.319 e. The van der Waals surface area contributed by atoms with E-state index in [1.54, 1.807) is 31.4 Å². The van der Waals surface area contributed by atoms with Gasteiger partial charge >= 0.3 is 6.03 Å². The molecule has 0 spiro atoms. The van der Waals surface area contributed by atoms with Crippen LogP contribution in [0.1, 0.15) is 18.4 Å². The number of nitrogens with one attached hydrogen (secondary N) is 1. The molecule has 0 saturated carbocycles. The summed E-state index contributed by atoms with van der Waals surface area (Å²) in [4.78, 5) is 32.1. The fourth-order valence-electron chi connectivity index (χ4n) is 3.70. The molecule has 2 saturated heterocycles.